The lowest BCUT2D eigenvalue weighted by Gasteiger charge is -2.06. The second-order valence-corrected chi connectivity index (χ2v) is 2.88. The predicted octanol–water partition coefficient (Wildman–Crippen LogP) is 2.79. The highest BCUT2D eigenvalue weighted by atomic mass is 16.5. The van der Waals surface area contributed by atoms with Crippen LogP contribution in [0.2, 0.25) is 0 Å². The third kappa shape index (κ3) is 3.52. The van der Waals surface area contributed by atoms with Crippen LogP contribution in [0, 0.1) is 0 Å². The van der Waals surface area contributed by atoms with Gasteiger partial charge < -0.3 is 9.47 Å². The first-order valence-corrected chi connectivity index (χ1v) is 4.81. The van der Waals surface area contributed by atoms with Gasteiger partial charge in [0.15, 0.2) is 0 Å². The van der Waals surface area contributed by atoms with E-state index in [0.717, 1.165) is 12.2 Å². The van der Waals surface area contributed by atoms with Crippen LogP contribution in [0.25, 0.3) is 0 Å². The summed E-state index contributed by atoms with van der Waals surface area (Å²) in [5.41, 5.74) is 1.32. The molecule has 0 N–H and O–H groups in total. The maximum atomic E-state index is 5.43. The van der Waals surface area contributed by atoms with Crippen molar-refractivity contribution in [1.82, 2.24) is 0 Å². The summed E-state index contributed by atoms with van der Waals surface area (Å²) in [7, 11) is 0. The van der Waals surface area contributed by atoms with Gasteiger partial charge in [0.1, 0.15) is 19.0 Å². The number of benzene rings is 1. The SMILES string of the molecule is C=COCCOc1ccc(CC)cc1. The summed E-state index contributed by atoms with van der Waals surface area (Å²) in [5, 5.41) is 0. The van der Waals surface area contributed by atoms with Crippen LogP contribution in [-0.4, -0.2) is 13.2 Å². The number of ether oxygens (including phenoxy) is 2. The van der Waals surface area contributed by atoms with E-state index in [-0.39, 0.29) is 0 Å². The lowest BCUT2D eigenvalue weighted by molar-refractivity contribution is 0.179. The fourth-order valence-electron chi connectivity index (χ4n) is 1.11. The van der Waals surface area contributed by atoms with Gasteiger partial charge in [-0.1, -0.05) is 25.6 Å². The summed E-state index contributed by atoms with van der Waals surface area (Å²) >= 11 is 0. The zero-order valence-corrected chi connectivity index (χ0v) is 8.53. The molecule has 0 amide bonds. The van der Waals surface area contributed by atoms with Gasteiger partial charge >= 0.3 is 0 Å². The zero-order chi connectivity index (χ0) is 10.2. The second-order valence-electron chi connectivity index (χ2n) is 2.88. The number of hydrogen-bond donors (Lipinski definition) is 0. The molecule has 0 radical (unpaired) electrons. The van der Waals surface area contributed by atoms with Crippen LogP contribution in [0.1, 0.15) is 12.5 Å². The van der Waals surface area contributed by atoms with Gasteiger partial charge in [0.25, 0.3) is 0 Å². The lowest BCUT2D eigenvalue weighted by Crippen LogP contribution is -2.03. The van der Waals surface area contributed by atoms with E-state index in [1.54, 1.807) is 0 Å². The molecule has 0 saturated heterocycles. The first-order chi connectivity index (χ1) is 6.86. The molecule has 0 bridgehead atoms. The summed E-state index contributed by atoms with van der Waals surface area (Å²) in [5.74, 6) is 0.884. The Kier molecular flexibility index (Phi) is 4.62. The Morgan fingerprint density at radius 1 is 1.21 bits per heavy atom. The van der Waals surface area contributed by atoms with Crippen molar-refractivity contribution in [3.8, 4) is 5.75 Å². The van der Waals surface area contributed by atoms with Crippen LogP contribution in [0.3, 0.4) is 0 Å². The topological polar surface area (TPSA) is 18.5 Å². The van der Waals surface area contributed by atoms with Gasteiger partial charge in [-0.25, -0.2) is 0 Å². The fourth-order valence-corrected chi connectivity index (χ4v) is 1.11. The van der Waals surface area contributed by atoms with Crippen molar-refractivity contribution in [3.05, 3.63) is 42.7 Å². The van der Waals surface area contributed by atoms with Crippen molar-refractivity contribution in [3.63, 3.8) is 0 Å². The molecule has 14 heavy (non-hydrogen) atoms. The maximum absolute atomic E-state index is 5.43. The molecule has 2 nitrogen and oxygen atoms in total. The fraction of sp³-hybridized carbons (Fsp3) is 0.333. The molecule has 0 aliphatic carbocycles. The van der Waals surface area contributed by atoms with Gasteiger partial charge in [-0.3, -0.25) is 0 Å². The van der Waals surface area contributed by atoms with E-state index in [2.05, 4.69) is 25.6 Å². The van der Waals surface area contributed by atoms with Crippen molar-refractivity contribution >= 4 is 0 Å². The Morgan fingerprint density at radius 3 is 2.50 bits per heavy atom. The summed E-state index contributed by atoms with van der Waals surface area (Å²) in [4.78, 5) is 0. The lowest BCUT2D eigenvalue weighted by atomic mass is 10.2. The predicted molar refractivity (Wildman–Crippen MR) is 57.5 cm³/mol. The van der Waals surface area contributed by atoms with Gasteiger partial charge in [0, 0.05) is 0 Å². The van der Waals surface area contributed by atoms with Crippen LogP contribution in [0.4, 0.5) is 0 Å². The van der Waals surface area contributed by atoms with E-state index < -0.39 is 0 Å². The Labute approximate surface area is 85.2 Å². The van der Waals surface area contributed by atoms with E-state index in [1.807, 2.05) is 12.1 Å². The third-order valence-electron chi connectivity index (χ3n) is 1.92. The van der Waals surface area contributed by atoms with E-state index in [4.69, 9.17) is 9.47 Å². The van der Waals surface area contributed by atoms with Gasteiger partial charge in [-0.05, 0) is 24.1 Å². The monoisotopic (exact) mass is 192 g/mol. The van der Waals surface area contributed by atoms with Crippen molar-refractivity contribution in [1.29, 1.82) is 0 Å². The highest BCUT2D eigenvalue weighted by molar-refractivity contribution is 5.27. The largest absolute Gasteiger partial charge is 0.498 e. The average Bonchev–Trinajstić information content (AvgIpc) is 2.25. The van der Waals surface area contributed by atoms with Crippen molar-refractivity contribution in [2.24, 2.45) is 0 Å². The first kappa shape index (κ1) is 10.6. The standard InChI is InChI=1S/C12H16O2/c1-3-11-5-7-12(8-6-11)14-10-9-13-4-2/h4-8H,2-3,9-10H2,1H3. The molecule has 1 aromatic rings. The van der Waals surface area contributed by atoms with E-state index >= 15 is 0 Å². The maximum Gasteiger partial charge on any atom is 0.122 e. The molecule has 0 spiro atoms. The quantitative estimate of drug-likeness (QED) is 0.509. The third-order valence-corrected chi connectivity index (χ3v) is 1.92. The minimum atomic E-state index is 0.541. The molecule has 1 aromatic carbocycles. The molecule has 0 aliphatic rings. The van der Waals surface area contributed by atoms with E-state index in [1.165, 1.54) is 11.8 Å². The molecular formula is C12H16O2. The van der Waals surface area contributed by atoms with Gasteiger partial charge in [-0.15, -0.1) is 0 Å². The van der Waals surface area contributed by atoms with E-state index in [9.17, 15) is 0 Å². The van der Waals surface area contributed by atoms with Crippen LogP contribution in [-0.2, 0) is 11.2 Å². The molecule has 0 saturated carbocycles. The molecule has 0 aromatic heterocycles. The minimum Gasteiger partial charge on any atom is -0.498 e. The van der Waals surface area contributed by atoms with Gasteiger partial charge in [-0.2, -0.15) is 0 Å². The minimum absolute atomic E-state index is 0.541. The zero-order valence-electron chi connectivity index (χ0n) is 8.53. The summed E-state index contributed by atoms with van der Waals surface area (Å²) in [6.07, 6.45) is 2.48. The molecule has 1 rings (SSSR count). The van der Waals surface area contributed by atoms with Crippen LogP contribution in [0.5, 0.6) is 5.75 Å². The molecule has 0 heterocycles. The van der Waals surface area contributed by atoms with Crippen molar-refractivity contribution in [2.75, 3.05) is 13.2 Å². The molecule has 76 valence electrons. The second kappa shape index (κ2) is 6.08. The molecule has 2 heteroatoms. The Morgan fingerprint density at radius 2 is 1.93 bits per heavy atom. The number of aryl methyl sites for hydroxylation is 1. The van der Waals surface area contributed by atoms with Gasteiger partial charge in [0.05, 0.1) is 6.26 Å². The average molecular weight is 192 g/mol. The Balaban J connectivity index is 2.32. The Bertz CT molecular complexity index is 264. The molecule has 0 atom stereocenters. The van der Waals surface area contributed by atoms with Crippen LogP contribution in [0.15, 0.2) is 37.1 Å². The number of rotatable bonds is 6. The van der Waals surface area contributed by atoms with Gasteiger partial charge in [0.2, 0.25) is 0 Å². The molecule has 0 fully saturated rings. The van der Waals surface area contributed by atoms with Crippen LogP contribution < -0.4 is 4.74 Å². The summed E-state index contributed by atoms with van der Waals surface area (Å²) < 4.78 is 10.4. The highest BCUT2D eigenvalue weighted by Crippen LogP contribution is 2.12. The smallest absolute Gasteiger partial charge is 0.122 e. The normalized spacial score (nSPS) is 9.50. The van der Waals surface area contributed by atoms with Crippen molar-refractivity contribution < 1.29 is 9.47 Å². The van der Waals surface area contributed by atoms with Crippen molar-refractivity contribution in [2.45, 2.75) is 13.3 Å². The van der Waals surface area contributed by atoms with Crippen LogP contribution >= 0.6 is 0 Å². The number of hydrogen-bond acceptors (Lipinski definition) is 2. The molecule has 0 aliphatic heterocycles. The Hall–Kier alpha value is -1.44. The van der Waals surface area contributed by atoms with E-state index in [0.29, 0.717) is 13.2 Å². The molecule has 0 unspecified atom stereocenters. The highest BCUT2D eigenvalue weighted by Gasteiger charge is 1.93. The summed E-state index contributed by atoms with van der Waals surface area (Å²) in [6, 6.07) is 8.10. The summed E-state index contributed by atoms with van der Waals surface area (Å²) in [6.45, 7) is 6.68. The molecular weight excluding hydrogens is 176 g/mol. The first-order valence-electron chi connectivity index (χ1n) is 4.81.